The maximum absolute atomic E-state index is 11.4. The largest absolute Gasteiger partial charge is 0.366 e. The van der Waals surface area contributed by atoms with E-state index in [0.717, 1.165) is 23.1 Å². The van der Waals surface area contributed by atoms with Gasteiger partial charge in [0.2, 0.25) is 5.91 Å². The molecule has 0 saturated carbocycles. The molecular formula is C13H15N3O. The van der Waals surface area contributed by atoms with Crippen molar-refractivity contribution in [1.82, 2.24) is 10.3 Å². The van der Waals surface area contributed by atoms with Crippen LogP contribution in [0.2, 0.25) is 0 Å². The Labute approximate surface area is 99.8 Å². The second-order valence-electron chi connectivity index (χ2n) is 3.82. The zero-order chi connectivity index (χ0) is 12.3. The van der Waals surface area contributed by atoms with Crippen molar-refractivity contribution in [2.24, 2.45) is 5.73 Å². The van der Waals surface area contributed by atoms with Gasteiger partial charge in [-0.25, -0.2) is 0 Å². The predicted molar refractivity (Wildman–Crippen MR) is 67.6 cm³/mol. The van der Waals surface area contributed by atoms with Crippen molar-refractivity contribution in [1.29, 1.82) is 0 Å². The molecule has 2 rings (SSSR count). The van der Waals surface area contributed by atoms with Gasteiger partial charge in [0.25, 0.3) is 0 Å². The van der Waals surface area contributed by atoms with E-state index in [1.165, 1.54) is 0 Å². The van der Waals surface area contributed by atoms with Gasteiger partial charge in [0.15, 0.2) is 0 Å². The van der Waals surface area contributed by atoms with E-state index in [4.69, 9.17) is 5.73 Å². The standard InChI is InChI=1S/C13H15N3O/c1-2-15-8-9-7-11(13(14)17)10-5-3-4-6-12(10)16-9/h3-7,15H,2,8H2,1H3,(H2,14,17). The van der Waals surface area contributed by atoms with Gasteiger partial charge in [0, 0.05) is 11.9 Å². The molecule has 1 aromatic carbocycles. The Morgan fingerprint density at radius 1 is 1.41 bits per heavy atom. The van der Waals surface area contributed by atoms with Crippen LogP contribution in [0, 0.1) is 0 Å². The molecule has 1 heterocycles. The molecule has 0 aliphatic heterocycles. The molecule has 1 aromatic heterocycles. The Balaban J connectivity index is 2.55. The van der Waals surface area contributed by atoms with Gasteiger partial charge < -0.3 is 11.1 Å². The molecule has 0 spiro atoms. The number of nitrogens with one attached hydrogen (secondary N) is 1. The number of nitrogens with two attached hydrogens (primary N) is 1. The summed E-state index contributed by atoms with van der Waals surface area (Å²) in [6, 6.07) is 9.28. The molecule has 4 heteroatoms. The van der Waals surface area contributed by atoms with Crippen LogP contribution in [0.1, 0.15) is 23.0 Å². The summed E-state index contributed by atoms with van der Waals surface area (Å²) in [4.78, 5) is 15.9. The average Bonchev–Trinajstić information content (AvgIpc) is 2.35. The van der Waals surface area contributed by atoms with Crippen molar-refractivity contribution >= 4 is 16.8 Å². The molecule has 4 nitrogen and oxygen atoms in total. The lowest BCUT2D eigenvalue weighted by atomic mass is 10.1. The van der Waals surface area contributed by atoms with Gasteiger partial charge in [-0.05, 0) is 18.7 Å². The lowest BCUT2D eigenvalue weighted by Gasteiger charge is -2.07. The summed E-state index contributed by atoms with van der Waals surface area (Å²) in [5.74, 6) is -0.415. The molecular weight excluding hydrogens is 214 g/mol. The van der Waals surface area contributed by atoms with E-state index in [2.05, 4.69) is 10.3 Å². The van der Waals surface area contributed by atoms with Gasteiger partial charge in [-0.2, -0.15) is 0 Å². The SMILES string of the molecule is CCNCc1cc(C(N)=O)c2ccccc2n1. The number of primary amides is 1. The molecule has 0 aliphatic rings. The monoisotopic (exact) mass is 229 g/mol. The van der Waals surface area contributed by atoms with Crippen LogP contribution in [-0.2, 0) is 6.54 Å². The van der Waals surface area contributed by atoms with Crippen LogP contribution in [-0.4, -0.2) is 17.4 Å². The van der Waals surface area contributed by atoms with E-state index >= 15 is 0 Å². The lowest BCUT2D eigenvalue weighted by molar-refractivity contribution is 0.100. The number of rotatable bonds is 4. The van der Waals surface area contributed by atoms with E-state index in [9.17, 15) is 4.79 Å². The van der Waals surface area contributed by atoms with E-state index in [1.54, 1.807) is 6.07 Å². The van der Waals surface area contributed by atoms with Gasteiger partial charge in [0.1, 0.15) is 0 Å². The Bertz CT molecular complexity index is 551. The van der Waals surface area contributed by atoms with Crippen molar-refractivity contribution in [3.8, 4) is 0 Å². The highest BCUT2D eigenvalue weighted by Crippen LogP contribution is 2.17. The molecule has 3 N–H and O–H groups in total. The summed E-state index contributed by atoms with van der Waals surface area (Å²) in [5.41, 5.74) is 7.56. The van der Waals surface area contributed by atoms with Crippen LogP contribution < -0.4 is 11.1 Å². The lowest BCUT2D eigenvalue weighted by Crippen LogP contribution is -2.16. The molecule has 0 fully saturated rings. The Morgan fingerprint density at radius 3 is 2.88 bits per heavy atom. The number of carbonyl (C=O) groups excluding carboxylic acids is 1. The quantitative estimate of drug-likeness (QED) is 0.833. The molecule has 2 aromatic rings. The summed E-state index contributed by atoms with van der Waals surface area (Å²) < 4.78 is 0. The third-order valence-electron chi connectivity index (χ3n) is 2.59. The zero-order valence-electron chi connectivity index (χ0n) is 9.73. The highest BCUT2D eigenvalue weighted by Gasteiger charge is 2.09. The van der Waals surface area contributed by atoms with Crippen LogP contribution in [0.5, 0.6) is 0 Å². The van der Waals surface area contributed by atoms with E-state index in [-0.39, 0.29) is 0 Å². The summed E-state index contributed by atoms with van der Waals surface area (Å²) in [6.07, 6.45) is 0. The number of hydrogen-bond donors (Lipinski definition) is 2. The molecule has 88 valence electrons. The number of hydrogen-bond acceptors (Lipinski definition) is 3. The Hall–Kier alpha value is -1.94. The van der Waals surface area contributed by atoms with Gasteiger partial charge in [-0.15, -0.1) is 0 Å². The third-order valence-corrected chi connectivity index (χ3v) is 2.59. The molecule has 0 unspecified atom stereocenters. The Kier molecular flexibility index (Phi) is 3.35. The third kappa shape index (κ3) is 2.42. The highest BCUT2D eigenvalue weighted by atomic mass is 16.1. The number of para-hydroxylation sites is 1. The maximum atomic E-state index is 11.4. The minimum Gasteiger partial charge on any atom is -0.366 e. The number of carbonyl (C=O) groups is 1. The topological polar surface area (TPSA) is 68.0 Å². The fraction of sp³-hybridized carbons (Fsp3) is 0.231. The zero-order valence-corrected chi connectivity index (χ0v) is 9.73. The minimum absolute atomic E-state index is 0.415. The van der Waals surface area contributed by atoms with Crippen molar-refractivity contribution in [2.45, 2.75) is 13.5 Å². The fourth-order valence-corrected chi connectivity index (χ4v) is 1.78. The summed E-state index contributed by atoms with van der Waals surface area (Å²) in [7, 11) is 0. The number of nitrogens with zero attached hydrogens (tertiary/aromatic N) is 1. The summed E-state index contributed by atoms with van der Waals surface area (Å²) in [6.45, 7) is 3.53. The number of amides is 1. The fourth-order valence-electron chi connectivity index (χ4n) is 1.78. The first-order valence-electron chi connectivity index (χ1n) is 5.61. The van der Waals surface area contributed by atoms with Crippen LogP contribution in [0.25, 0.3) is 10.9 Å². The van der Waals surface area contributed by atoms with Crippen LogP contribution in [0.3, 0.4) is 0 Å². The molecule has 1 amide bonds. The van der Waals surface area contributed by atoms with Crippen molar-refractivity contribution in [3.05, 3.63) is 41.6 Å². The number of benzene rings is 1. The first-order chi connectivity index (χ1) is 8.22. The van der Waals surface area contributed by atoms with E-state index in [0.29, 0.717) is 12.1 Å². The number of fused-ring (bicyclic) bond motifs is 1. The molecule has 0 saturated heterocycles. The van der Waals surface area contributed by atoms with Crippen LogP contribution in [0.15, 0.2) is 30.3 Å². The maximum Gasteiger partial charge on any atom is 0.249 e. The van der Waals surface area contributed by atoms with E-state index in [1.807, 2.05) is 31.2 Å². The van der Waals surface area contributed by atoms with E-state index < -0.39 is 5.91 Å². The molecule has 0 atom stereocenters. The van der Waals surface area contributed by atoms with Crippen molar-refractivity contribution < 1.29 is 4.79 Å². The second-order valence-corrected chi connectivity index (χ2v) is 3.82. The average molecular weight is 229 g/mol. The number of pyridine rings is 1. The second kappa shape index (κ2) is 4.93. The van der Waals surface area contributed by atoms with Crippen LogP contribution in [0.4, 0.5) is 0 Å². The van der Waals surface area contributed by atoms with Crippen molar-refractivity contribution in [3.63, 3.8) is 0 Å². The molecule has 0 bridgehead atoms. The Morgan fingerprint density at radius 2 is 2.18 bits per heavy atom. The first-order valence-corrected chi connectivity index (χ1v) is 5.61. The summed E-state index contributed by atoms with van der Waals surface area (Å²) >= 11 is 0. The van der Waals surface area contributed by atoms with Gasteiger partial charge in [0.05, 0.1) is 16.8 Å². The number of aromatic nitrogens is 1. The van der Waals surface area contributed by atoms with Crippen LogP contribution >= 0.6 is 0 Å². The molecule has 0 radical (unpaired) electrons. The van der Waals surface area contributed by atoms with Gasteiger partial charge in [-0.1, -0.05) is 25.1 Å². The molecule has 0 aliphatic carbocycles. The first kappa shape index (κ1) is 11.5. The smallest absolute Gasteiger partial charge is 0.249 e. The van der Waals surface area contributed by atoms with Gasteiger partial charge >= 0.3 is 0 Å². The molecule has 17 heavy (non-hydrogen) atoms. The minimum atomic E-state index is -0.415. The predicted octanol–water partition coefficient (Wildman–Crippen LogP) is 1.44. The normalized spacial score (nSPS) is 10.6. The summed E-state index contributed by atoms with van der Waals surface area (Å²) in [5, 5.41) is 3.99. The highest BCUT2D eigenvalue weighted by molar-refractivity contribution is 6.05. The van der Waals surface area contributed by atoms with Gasteiger partial charge in [-0.3, -0.25) is 9.78 Å². The van der Waals surface area contributed by atoms with Crippen molar-refractivity contribution in [2.75, 3.05) is 6.54 Å².